The van der Waals surface area contributed by atoms with Gasteiger partial charge in [-0.15, -0.1) is 5.92 Å². The number of hydrogen-bond donors (Lipinski definition) is 0. The summed E-state index contributed by atoms with van der Waals surface area (Å²) < 4.78 is 28.0. The molecule has 0 spiro atoms. The van der Waals surface area contributed by atoms with Gasteiger partial charge in [-0.2, -0.15) is 8.42 Å². The van der Waals surface area contributed by atoms with E-state index in [0.717, 1.165) is 5.56 Å². The molecule has 0 bridgehead atoms. The Morgan fingerprint density at radius 3 is 2.38 bits per heavy atom. The predicted molar refractivity (Wildman–Crippen MR) is 62.4 cm³/mol. The third-order valence-corrected chi connectivity index (χ3v) is 3.18. The van der Waals surface area contributed by atoms with Crippen LogP contribution in [0, 0.1) is 18.8 Å². The molecule has 1 aromatic rings. The van der Waals surface area contributed by atoms with Crippen LogP contribution in [0.1, 0.15) is 18.9 Å². The van der Waals surface area contributed by atoms with Gasteiger partial charge in [-0.3, -0.25) is 4.18 Å². The van der Waals surface area contributed by atoms with Crippen LogP contribution < -0.4 is 0 Å². The minimum atomic E-state index is -3.66. The zero-order chi connectivity index (χ0) is 12.0. The smallest absolute Gasteiger partial charge is 0.253 e. The van der Waals surface area contributed by atoms with E-state index in [-0.39, 0.29) is 11.5 Å². The normalized spacial score (nSPS) is 10.6. The van der Waals surface area contributed by atoms with Gasteiger partial charge in [0.1, 0.15) is 6.61 Å². The van der Waals surface area contributed by atoms with Crippen LogP contribution in [0.15, 0.2) is 29.2 Å². The van der Waals surface area contributed by atoms with Crippen molar-refractivity contribution in [3.8, 4) is 11.8 Å². The van der Waals surface area contributed by atoms with E-state index in [1.165, 1.54) is 12.1 Å². The average molecular weight is 238 g/mol. The Labute approximate surface area is 96.6 Å². The molecule has 0 aliphatic heterocycles. The lowest BCUT2D eigenvalue weighted by Gasteiger charge is -2.02. The van der Waals surface area contributed by atoms with E-state index in [1.807, 2.05) is 13.8 Å². The quantitative estimate of drug-likeness (QED) is 0.598. The highest BCUT2D eigenvalue weighted by atomic mass is 32.2. The van der Waals surface area contributed by atoms with Crippen LogP contribution in [-0.2, 0) is 14.3 Å². The van der Waals surface area contributed by atoms with Gasteiger partial charge in [-0.05, 0) is 19.1 Å². The standard InChI is InChI=1S/C12H14O3S/c1-3-4-5-10-15-16(13,14)12-8-6-11(2)7-9-12/h6-9H,3,10H2,1-2H3. The lowest BCUT2D eigenvalue weighted by Crippen LogP contribution is -2.06. The molecular formula is C12H14O3S. The molecule has 0 N–H and O–H groups in total. The summed E-state index contributed by atoms with van der Waals surface area (Å²) in [5.74, 6) is 5.36. The van der Waals surface area contributed by atoms with Gasteiger partial charge in [0.2, 0.25) is 0 Å². The highest BCUT2D eigenvalue weighted by Gasteiger charge is 2.13. The van der Waals surface area contributed by atoms with E-state index < -0.39 is 10.1 Å². The Balaban J connectivity index is 2.74. The number of hydrogen-bond acceptors (Lipinski definition) is 3. The van der Waals surface area contributed by atoms with Crippen LogP contribution in [0.25, 0.3) is 0 Å². The molecule has 0 aromatic heterocycles. The molecule has 16 heavy (non-hydrogen) atoms. The molecule has 0 aliphatic carbocycles. The first kappa shape index (κ1) is 12.8. The number of benzene rings is 1. The minimum absolute atomic E-state index is 0.0932. The van der Waals surface area contributed by atoms with E-state index >= 15 is 0 Å². The first-order chi connectivity index (χ1) is 7.56. The summed E-state index contributed by atoms with van der Waals surface area (Å²) in [4.78, 5) is 0.163. The Morgan fingerprint density at radius 1 is 1.19 bits per heavy atom. The van der Waals surface area contributed by atoms with Gasteiger partial charge in [-0.25, -0.2) is 0 Å². The van der Waals surface area contributed by atoms with Crippen molar-refractivity contribution in [1.29, 1.82) is 0 Å². The third kappa shape index (κ3) is 3.69. The fourth-order valence-electron chi connectivity index (χ4n) is 1.06. The summed E-state index contributed by atoms with van der Waals surface area (Å²) in [5, 5.41) is 0. The molecule has 0 fully saturated rings. The van der Waals surface area contributed by atoms with Gasteiger partial charge in [0.15, 0.2) is 0 Å². The summed E-state index contributed by atoms with van der Waals surface area (Å²) >= 11 is 0. The SMILES string of the molecule is CCC#CCOS(=O)(=O)c1ccc(C)cc1. The van der Waals surface area contributed by atoms with Crippen molar-refractivity contribution in [1.82, 2.24) is 0 Å². The van der Waals surface area contributed by atoms with Crippen molar-refractivity contribution in [2.75, 3.05) is 6.61 Å². The molecule has 0 aliphatic rings. The highest BCUT2D eigenvalue weighted by Crippen LogP contribution is 2.12. The van der Waals surface area contributed by atoms with E-state index in [0.29, 0.717) is 6.42 Å². The number of aryl methyl sites for hydroxylation is 1. The van der Waals surface area contributed by atoms with Crippen LogP contribution in [0.4, 0.5) is 0 Å². The van der Waals surface area contributed by atoms with Crippen molar-refractivity contribution in [2.45, 2.75) is 25.2 Å². The summed E-state index contributed by atoms with van der Waals surface area (Å²) in [5.41, 5.74) is 1.00. The maximum Gasteiger partial charge on any atom is 0.297 e. The molecule has 0 amide bonds. The molecule has 1 aromatic carbocycles. The maximum absolute atomic E-state index is 11.6. The molecule has 0 heterocycles. The fraction of sp³-hybridized carbons (Fsp3) is 0.333. The Morgan fingerprint density at radius 2 is 1.81 bits per heavy atom. The maximum atomic E-state index is 11.6. The monoisotopic (exact) mass is 238 g/mol. The molecule has 86 valence electrons. The van der Waals surface area contributed by atoms with Crippen LogP contribution in [-0.4, -0.2) is 15.0 Å². The Kier molecular flexibility index (Phi) is 4.53. The molecule has 0 saturated heterocycles. The lowest BCUT2D eigenvalue weighted by molar-refractivity contribution is 0.363. The molecule has 0 atom stereocenters. The summed E-state index contributed by atoms with van der Waals surface area (Å²) in [6.07, 6.45) is 0.688. The fourth-order valence-corrected chi connectivity index (χ4v) is 1.88. The second-order valence-electron chi connectivity index (χ2n) is 3.24. The van der Waals surface area contributed by atoms with Gasteiger partial charge in [-0.1, -0.05) is 30.5 Å². The van der Waals surface area contributed by atoms with Crippen LogP contribution >= 0.6 is 0 Å². The molecule has 0 radical (unpaired) electrons. The summed E-state index contributed by atoms with van der Waals surface area (Å²) in [6.45, 7) is 3.69. The third-order valence-electron chi connectivity index (χ3n) is 1.90. The van der Waals surface area contributed by atoms with Gasteiger partial charge in [0, 0.05) is 6.42 Å². The Bertz CT molecular complexity index is 489. The van der Waals surface area contributed by atoms with Crippen LogP contribution in [0.2, 0.25) is 0 Å². The second-order valence-corrected chi connectivity index (χ2v) is 4.85. The van der Waals surface area contributed by atoms with Crippen molar-refractivity contribution in [3.63, 3.8) is 0 Å². The molecule has 1 rings (SSSR count). The number of rotatable bonds is 3. The van der Waals surface area contributed by atoms with Gasteiger partial charge in [0.25, 0.3) is 10.1 Å². The van der Waals surface area contributed by atoms with E-state index in [4.69, 9.17) is 4.18 Å². The highest BCUT2D eigenvalue weighted by molar-refractivity contribution is 7.86. The molecule has 0 saturated carbocycles. The van der Waals surface area contributed by atoms with Crippen LogP contribution in [0.5, 0.6) is 0 Å². The second kappa shape index (κ2) is 5.69. The molecular weight excluding hydrogens is 224 g/mol. The zero-order valence-corrected chi connectivity index (χ0v) is 10.2. The van der Waals surface area contributed by atoms with E-state index in [2.05, 4.69) is 11.8 Å². The first-order valence-corrected chi connectivity index (χ1v) is 6.39. The van der Waals surface area contributed by atoms with Crippen molar-refractivity contribution in [2.24, 2.45) is 0 Å². The first-order valence-electron chi connectivity index (χ1n) is 4.98. The van der Waals surface area contributed by atoms with Gasteiger partial charge >= 0.3 is 0 Å². The minimum Gasteiger partial charge on any atom is -0.253 e. The molecule has 4 heteroatoms. The zero-order valence-electron chi connectivity index (χ0n) is 9.36. The van der Waals surface area contributed by atoms with Crippen molar-refractivity contribution < 1.29 is 12.6 Å². The topological polar surface area (TPSA) is 43.4 Å². The van der Waals surface area contributed by atoms with Crippen molar-refractivity contribution in [3.05, 3.63) is 29.8 Å². The van der Waals surface area contributed by atoms with Crippen LogP contribution in [0.3, 0.4) is 0 Å². The Hall–Kier alpha value is -1.31. The molecule has 0 unspecified atom stereocenters. The van der Waals surface area contributed by atoms with Gasteiger partial charge in [0.05, 0.1) is 4.90 Å². The van der Waals surface area contributed by atoms with E-state index in [9.17, 15) is 8.42 Å². The summed E-state index contributed by atoms with van der Waals surface area (Å²) in [6, 6.07) is 6.51. The average Bonchev–Trinajstić information content (AvgIpc) is 2.25. The summed E-state index contributed by atoms with van der Waals surface area (Å²) in [7, 11) is -3.66. The predicted octanol–water partition coefficient (Wildman–Crippen LogP) is 2.11. The van der Waals surface area contributed by atoms with E-state index in [1.54, 1.807) is 12.1 Å². The lowest BCUT2D eigenvalue weighted by atomic mass is 10.2. The molecule has 3 nitrogen and oxygen atoms in total. The largest absolute Gasteiger partial charge is 0.297 e. The van der Waals surface area contributed by atoms with Crippen molar-refractivity contribution >= 4 is 10.1 Å². The van der Waals surface area contributed by atoms with Gasteiger partial charge < -0.3 is 0 Å².